The molecule has 0 aromatic heterocycles. The van der Waals surface area contributed by atoms with Crippen LogP contribution in [0.4, 0.5) is 0 Å². The van der Waals surface area contributed by atoms with Gasteiger partial charge in [0.1, 0.15) is 0 Å². The number of aliphatic hydroxyl groups is 2. The second kappa shape index (κ2) is 51.7. The Morgan fingerprint density at radius 1 is 0.435 bits per heavy atom. The van der Waals surface area contributed by atoms with E-state index in [4.69, 9.17) is 4.74 Å². The number of amides is 1. The molecule has 0 aliphatic carbocycles. The van der Waals surface area contributed by atoms with E-state index in [0.717, 1.165) is 83.5 Å². The third kappa shape index (κ3) is 47.6. The van der Waals surface area contributed by atoms with Crippen LogP contribution in [-0.4, -0.2) is 47.4 Å². The molecule has 2 unspecified atom stereocenters. The summed E-state index contributed by atoms with van der Waals surface area (Å²) in [5, 5.41) is 23.1. The van der Waals surface area contributed by atoms with Crippen molar-refractivity contribution in [2.24, 2.45) is 0 Å². The summed E-state index contributed by atoms with van der Waals surface area (Å²) in [5.41, 5.74) is 0. The van der Waals surface area contributed by atoms with Gasteiger partial charge in [-0.2, -0.15) is 0 Å². The van der Waals surface area contributed by atoms with E-state index in [2.05, 4.69) is 43.5 Å². The maximum Gasteiger partial charge on any atom is 0.305 e. The van der Waals surface area contributed by atoms with Gasteiger partial charge in [-0.25, -0.2) is 0 Å². The number of rotatable bonds is 50. The minimum absolute atomic E-state index is 0.0365. The van der Waals surface area contributed by atoms with Gasteiger partial charge in [0.2, 0.25) is 5.91 Å². The first-order valence-electron chi connectivity index (χ1n) is 27.3. The number of unbranched alkanes of at least 4 members (excludes halogenated alkanes) is 35. The number of carbonyl (C=O) groups excluding carboxylic acids is 2. The van der Waals surface area contributed by atoms with Crippen molar-refractivity contribution in [1.29, 1.82) is 0 Å². The first kappa shape index (κ1) is 60.1. The molecule has 0 aliphatic heterocycles. The zero-order valence-electron chi connectivity index (χ0n) is 41.4. The van der Waals surface area contributed by atoms with Gasteiger partial charge in [-0.1, -0.05) is 224 Å². The predicted molar refractivity (Wildman–Crippen MR) is 269 cm³/mol. The second-order valence-corrected chi connectivity index (χ2v) is 18.5. The summed E-state index contributed by atoms with van der Waals surface area (Å²) in [4.78, 5) is 24.5. The number of ether oxygens (including phenoxy) is 1. The smallest absolute Gasteiger partial charge is 0.305 e. The van der Waals surface area contributed by atoms with E-state index < -0.39 is 12.1 Å². The van der Waals surface area contributed by atoms with Crippen LogP contribution in [0.1, 0.15) is 284 Å². The molecule has 3 N–H and O–H groups in total. The van der Waals surface area contributed by atoms with Crippen LogP contribution in [-0.2, 0) is 14.3 Å². The Balaban J connectivity index is 3.54. The van der Waals surface area contributed by atoms with Crippen molar-refractivity contribution in [3.63, 3.8) is 0 Å². The van der Waals surface area contributed by atoms with Gasteiger partial charge in [0.25, 0.3) is 0 Å². The molecule has 0 radical (unpaired) electrons. The SMILES string of the molecule is CCCCCCCC/C=C\CCCCCCCCCC(=O)OCCCC/C=C\CCCCCCCC(=O)NC(CO)C(O)/C=C/CCCCCCCCCCCCCCCCC. The van der Waals surface area contributed by atoms with E-state index in [1.807, 2.05) is 6.08 Å². The van der Waals surface area contributed by atoms with E-state index in [9.17, 15) is 19.8 Å². The van der Waals surface area contributed by atoms with E-state index in [-0.39, 0.29) is 18.5 Å². The van der Waals surface area contributed by atoms with Crippen molar-refractivity contribution in [3.05, 3.63) is 36.5 Å². The molecule has 1 amide bonds. The number of hydrogen-bond acceptors (Lipinski definition) is 5. The van der Waals surface area contributed by atoms with Crippen LogP contribution in [0.15, 0.2) is 36.5 Å². The summed E-state index contributed by atoms with van der Waals surface area (Å²) in [5.74, 6) is -0.133. The number of nitrogens with one attached hydrogen (secondary N) is 1. The van der Waals surface area contributed by atoms with Gasteiger partial charge in [-0.15, -0.1) is 0 Å². The third-order valence-electron chi connectivity index (χ3n) is 12.4. The molecular formula is C56H105NO5. The highest BCUT2D eigenvalue weighted by Crippen LogP contribution is 2.15. The predicted octanol–water partition coefficient (Wildman–Crippen LogP) is 16.5. The van der Waals surface area contributed by atoms with Crippen LogP contribution >= 0.6 is 0 Å². The largest absolute Gasteiger partial charge is 0.466 e. The van der Waals surface area contributed by atoms with Gasteiger partial charge in [-0.3, -0.25) is 9.59 Å². The lowest BCUT2D eigenvalue weighted by Gasteiger charge is -2.20. The summed E-state index contributed by atoms with van der Waals surface area (Å²) in [6, 6.07) is -0.649. The molecule has 62 heavy (non-hydrogen) atoms. The molecule has 0 heterocycles. The summed E-state index contributed by atoms with van der Waals surface area (Å²) in [7, 11) is 0. The Morgan fingerprint density at radius 3 is 1.15 bits per heavy atom. The minimum Gasteiger partial charge on any atom is -0.466 e. The summed E-state index contributed by atoms with van der Waals surface area (Å²) < 4.78 is 5.44. The van der Waals surface area contributed by atoms with Crippen molar-refractivity contribution in [3.8, 4) is 0 Å². The quantitative estimate of drug-likeness (QED) is 0.0321. The maximum absolute atomic E-state index is 12.4. The molecule has 6 heteroatoms. The molecule has 0 saturated carbocycles. The molecule has 0 aromatic rings. The Labute approximate surface area is 385 Å². The lowest BCUT2D eigenvalue weighted by atomic mass is 10.0. The third-order valence-corrected chi connectivity index (χ3v) is 12.4. The molecule has 0 bridgehead atoms. The molecule has 0 aliphatic rings. The number of allylic oxidation sites excluding steroid dienone is 5. The van der Waals surface area contributed by atoms with Gasteiger partial charge >= 0.3 is 5.97 Å². The van der Waals surface area contributed by atoms with Crippen molar-refractivity contribution in [2.75, 3.05) is 13.2 Å². The number of esters is 1. The van der Waals surface area contributed by atoms with E-state index in [1.165, 1.54) is 173 Å². The molecule has 6 nitrogen and oxygen atoms in total. The van der Waals surface area contributed by atoms with Crippen LogP contribution in [0.2, 0.25) is 0 Å². The topological polar surface area (TPSA) is 95.9 Å². The standard InChI is InChI=1S/C56H105NO5/c1-3-5-7-9-11-13-15-17-19-21-23-25-28-32-36-40-44-48-54(59)53(52-58)57-55(60)49-45-41-37-33-29-27-31-35-39-43-47-51-62-56(61)50-46-42-38-34-30-26-24-22-20-18-16-14-12-10-8-6-4-2/h18,20,31,35,44,48,53-54,58-59H,3-17,19,21-30,32-34,36-43,45-47,49-52H2,1-2H3,(H,57,60)/b20-18-,35-31-,48-44+. The summed E-state index contributed by atoms with van der Waals surface area (Å²) in [6.07, 6.45) is 62.9. The Hall–Kier alpha value is -1.92. The molecule has 2 atom stereocenters. The van der Waals surface area contributed by atoms with Gasteiger partial charge in [0.05, 0.1) is 25.4 Å². The van der Waals surface area contributed by atoms with E-state index >= 15 is 0 Å². The fraction of sp³-hybridized carbons (Fsp3) is 0.857. The fourth-order valence-electron chi connectivity index (χ4n) is 8.15. The Bertz CT molecular complexity index is 1010. The molecule has 364 valence electrons. The summed E-state index contributed by atoms with van der Waals surface area (Å²) >= 11 is 0. The normalized spacial score (nSPS) is 12.9. The van der Waals surface area contributed by atoms with Gasteiger partial charge < -0.3 is 20.3 Å². The molecule has 0 aromatic carbocycles. The van der Waals surface area contributed by atoms with Gasteiger partial charge in [-0.05, 0) is 83.5 Å². The van der Waals surface area contributed by atoms with Crippen LogP contribution in [0.25, 0.3) is 0 Å². The second-order valence-electron chi connectivity index (χ2n) is 18.5. The Morgan fingerprint density at radius 2 is 0.758 bits per heavy atom. The van der Waals surface area contributed by atoms with Crippen LogP contribution in [0.3, 0.4) is 0 Å². The highest BCUT2D eigenvalue weighted by molar-refractivity contribution is 5.76. The highest BCUT2D eigenvalue weighted by Gasteiger charge is 2.18. The highest BCUT2D eigenvalue weighted by atomic mass is 16.5. The minimum atomic E-state index is -0.863. The molecular weight excluding hydrogens is 767 g/mol. The summed E-state index contributed by atoms with van der Waals surface area (Å²) in [6.45, 7) is 4.82. The zero-order chi connectivity index (χ0) is 45.1. The number of hydrogen-bond donors (Lipinski definition) is 3. The molecule has 0 fully saturated rings. The lowest BCUT2D eigenvalue weighted by molar-refractivity contribution is -0.143. The fourth-order valence-corrected chi connectivity index (χ4v) is 8.15. The van der Waals surface area contributed by atoms with Gasteiger partial charge in [0.15, 0.2) is 0 Å². The Kier molecular flexibility index (Phi) is 50.1. The number of carbonyl (C=O) groups is 2. The van der Waals surface area contributed by atoms with Crippen molar-refractivity contribution in [2.45, 2.75) is 296 Å². The average Bonchev–Trinajstić information content (AvgIpc) is 3.27. The molecule has 0 saturated heterocycles. The van der Waals surface area contributed by atoms with E-state index in [1.54, 1.807) is 6.08 Å². The van der Waals surface area contributed by atoms with Crippen molar-refractivity contribution < 1.29 is 24.5 Å². The molecule has 0 rings (SSSR count). The first-order valence-corrected chi connectivity index (χ1v) is 27.3. The van der Waals surface area contributed by atoms with E-state index in [0.29, 0.717) is 19.4 Å². The number of aliphatic hydroxyl groups excluding tert-OH is 2. The lowest BCUT2D eigenvalue weighted by Crippen LogP contribution is -2.45. The van der Waals surface area contributed by atoms with Crippen molar-refractivity contribution >= 4 is 11.9 Å². The zero-order valence-corrected chi connectivity index (χ0v) is 41.4. The van der Waals surface area contributed by atoms with Crippen LogP contribution in [0.5, 0.6) is 0 Å². The monoisotopic (exact) mass is 872 g/mol. The average molecular weight is 872 g/mol. The maximum atomic E-state index is 12.4. The van der Waals surface area contributed by atoms with Crippen molar-refractivity contribution in [1.82, 2.24) is 5.32 Å². The van der Waals surface area contributed by atoms with Crippen LogP contribution < -0.4 is 5.32 Å². The van der Waals surface area contributed by atoms with Gasteiger partial charge in [0, 0.05) is 12.8 Å². The van der Waals surface area contributed by atoms with Crippen LogP contribution in [0, 0.1) is 0 Å². The molecule has 0 spiro atoms. The first-order chi connectivity index (χ1) is 30.5.